The number of aliphatic carboxylic acids is 1. The Kier molecular flexibility index (Phi) is 4.29. The van der Waals surface area contributed by atoms with Crippen molar-refractivity contribution in [1.29, 1.82) is 0 Å². The number of piperazine rings is 1. The quantitative estimate of drug-likeness (QED) is 0.489. The summed E-state index contributed by atoms with van der Waals surface area (Å²) in [6.45, 7) is 1.01. The molecule has 9 heteroatoms. The molecule has 0 aromatic carbocycles. The number of urea groups is 1. The SMILES string of the molecule is CC(NC(=O)N1CC(=O)NCC1C(=O)O)C(=O)NC1CC1. The van der Waals surface area contributed by atoms with E-state index in [9.17, 15) is 19.2 Å². The average Bonchev–Trinajstić information content (AvgIpc) is 3.21. The number of rotatable bonds is 4. The van der Waals surface area contributed by atoms with Gasteiger partial charge in [-0.2, -0.15) is 0 Å². The fourth-order valence-electron chi connectivity index (χ4n) is 1.96. The second-order valence-electron chi connectivity index (χ2n) is 5.24. The van der Waals surface area contributed by atoms with Crippen molar-refractivity contribution in [2.75, 3.05) is 13.1 Å². The molecule has 1 saturated heterocycles. The first-order chi connectivity index (χ1) is 9.88. The molecule has 0 aromatic heterocycles. The molecule has 2 aliphatic rings. The number of nitrogens with zero attached hydrogens (tertiary/aromatic N) is 1. The predicted molar refractivity (Wildman–Crippen MR) is 70.3 cm³/mol. The van der Waals surface area contributed by atoms with Gasteiger partial charge in [0.25, 0.3) is 0 Å². The van der Waals surface area contributed by atoms with Gasteiger partial charge in [-0.15, -0.1) is 0 Å². The Morgan fingerprint density at radius 3 is 2.62 bits per heavy atom. The van der Waals surface area contributed by atoms with Crippen LogP contribution in [0.2, 0.25) is 0 Å². The fraction of sp³-hybridized carbons (Fsp3) is 0.667. The van der Waals surface area contributed by atoms with Crippen LogP contribution in [0, 0.1) is 0 Å². The Balaban J connectivity index is 1.94. The Bertz CT molecular complexity index is 476. The summed E-state index contributed by atoms with van der Waals surface area (Å²) in [6.07, 6.45) is 1.86. The molecule has 2 fully saturated rings. The maximum Gasteiger partial charge on any atom is 0.328 e. The van der Waals surface area contributed by atoms with Crippen molar-refractivity contribution in [2.24, 2.45) is 0 Å². The molecule has 2 rings (SSSR count). The van der Waals surface area contributed by atoms with E-state index in [1.807, 2.05) is 0 Å². The Morgan fingerprint density at radius 2 is 2.05 bits per heavy atom. The van der Waals surface area contributed by atoms with Crippen LogP contribution in [0.1, 0.15) is 19.8 Å². The lowest BCUT2D eigenvalue weighted by Gasteiger charge is -2.33. The van der Waals surface area contributed by atoms with Gasteiger partial charge in [0.1, 0.15) is 18.6 Å². The summed E-state index contributed by atoms with van der Waals surface area (Å²) in [7, 11) is 0. The number of hydrogen-bond acceptors (Lipinski definition) is 4. The maximum absolute atomic E-state index is 12.1. The van der Waals surface area contributed by atoms with E-state index < -0.39 is 30.0 Å². The van der Waals surface area contributed by atoms with Crippen LogP contribution in [-0.2, 0) is 14.4 Å². The third-order valence-corrected chi connectivity index (χ3v) is 3.39. The molecule has 2 atom stereocenters. The van der Waals surface area contributed by atoms with Gasteiger partial charge >= 0.3 is 12.0 Å². The summed E-state index contributed by atoms with van der Waals surface area (Å²) in [5.41, 5.74) is 0. The lowest BCUT2D eigenvalue weighted by Crippen LogP contribution is -2.62. The molecule has 9 nitrogen and oxygen atoms in total. The van der Waals surface area contributed by atoms with Crippen LogP contribution in [0.5, 0.6) is 0 Å². The third-order valence-electron chi connectivity index (χ3n) is 3.39. The minimum Gasteiger partial charge on any atom is -0.480 e. The summed E-state index contributed by atoms with van der Waals surface area (Å²) in [4.78, 5) is 47.1. The third kappa shape index (κ3) is 3.83. The molecule has 0 bridgehead atoms. The topological polar surface area (TPSA) is 128 Å². The zero-order valence-electron chi connectivity index (χ0n) is 11.6. The van der Waals surface area contributed by atoms with Crippen molar-refractivity contribution in [2.45, 2.75) is 37.9 Å². The van der Waals surface area contributed by atoms with Gasteiger partial charge in [0.2, 0.25) is 11.8 Å². The molecule has 2 unspecified atom stereocenters. The van der Waals surface area contributed by atoms with Crippen molar-refractivity contribution in [3.8, 4) is 0 Å². The zero-order chi connectivity index (χ0) is 15.6. The van der Waals surface area contributed by atoms with Crippen LogP contribution < -0.4 is 16.0 Å². The molecule has 116 valence electrons. The van der Waals surface area contributed by atoms with Gasteiger partial charge in [0.05, 0.1) is 0 Å². The van der Waals surface area contributed by atoms with E-state index >= 15 is 0 Å². The highest BCUT2D eigenvalue weighted by Gasteiger charge is 2.36. The largest absolute Gasteiger partial charge is 0.480 e. The first-order valence-corrected chi connectivity index (χ1v) is 6.75. The lowest BCUT2D eigenvalue weighted by molar-refractivity contribution is -0.144. The molecule has 1 aliphatic carbocycles. The minimum atomic E-state index is -1.21. The van der Waals surface area contributed by atoms with Gasteiger partial charge in [-0.25, -0.2) is 9.59 Å². The van der Waals surface area contributed by atoms with Crippen molar-refractivity contribution in [3.63, 3.8) is 0 Å². The first kappa shape index (κ1) is 15.1. The molecule has 1 aliphatic heterocycles. The number of carbonyl (C=O) groups excluding carboxylic acids is 3. The van der Waals surface area contributed by atoms with E-state index in [0.29, 0.717) is 0 Å². The maximum atomic E-state index is 12.1. The fourth-order valence-corrected chi connectivity index (χ4v) is 1.96. The Labute approximate surface area is 121 Å². The normalized spacial score (nSPS) is 23.0. The monoisotopic (exact) mass is 298 g/mol. The second kappa shape index (κ2) is 5.98. The number of nitrogens with one attached hydrogen (secondary N) is 3. The summed E-state index contributed by atoms with van der Waals surface area (Å²) in [5.74, 6) is -1.96. The smallest absolute Gasteiger partial charge is 0.328 e. The second-order valence-corrected chi connectivity index (χ2v) is 5.24. The molecule has 0 radical (unpaired) electrons. The van der Waals surface area contributed by atoms with E-state index in [-0.39, 0.29) is 25.0 Å². The van der Waals surface area contributed by atoms with Crippen LogP contribution in [0.4, 0.5) is 4.79 Å². The molecule has 1 saturated carbocycles. The molecule has 4 amide bonds. The zero-order valence-corrected chi connectivity index (χ0v) is 11.6. The highest BCUT2D eigenvalue weighted by Crippen LogP contribution is 2.18. The summed E-state index contributed by atoms with van der Waals surface area (Å²) < 4.78 is 0. The van der Waals surface area contributed by atoms with Gasteiger partial charge < -0.3 is 21.1 Å². The number of amides is 4. The number of carboxylic acid groups (broad SMARTS) is 1. The van der Waals surface area contributed by atoms with E-state index in [1.54, 1.807) is 0 Å². The number of hydrogen-bond donors (Lipinski definition) is 4. The molecular formula is C12H18N4O5. The van der Waals surface area contributed by atoms with E-state index in [0.717, 1.165) is 17.7 Å². The molecular weight excluding hydrogens is 280 g/mol. The van der Waals surface area contributed by atoms with Crippen molar-refractivity contribution in [1.82, 2.24) is 20.9 Å². The lowest BCUT2D eigenvalue weighted by atomic mass is 10.2. The van der Waals surface area contributed by atoms with Crippen molar-refractivity contribution < 1.29 is 24.3 Å². The molecule has 21 heavy (non-hydrogen) atoms. The number of carbonyl (C=O) groups is 4. The van der Waals surface area contributed by atoms with Crippen LogP contribution in [0.25, 0.3) is 0 Å². The van der Waals surface area contributed by atoms with E-state index in [1.165, 1.54) is 6.92 Å². The van der Waals surface area contributed by atoms with E-state index in [4.69, 9.17) is 5.11 Å². The molecule has 4 N–H and O–H groups in total. The number of carboxylic acids is 1. The summed E-state index contributed by atoms with van der Waals surface area (Å²) in [6, 6.07) is -2.50. The van der Waals surface area contributed by atoms with Gasteiger partial charge in [0, 0.05) is 12.6 Å². The summed E-state index contributed by atoms with van der Waals surface area (Å²) in [5, 5.41) is 16.6. The van der Waals surface area contributed by atoms with Crippen LogP contribution in [0.15, 0.2) is 0 Å². The first-order valence-electron chi connectivity index (χ1n) is 6.75. The van der Waals surface area contributed by atoms with Crippen LogP contribution in [0.3, 0.4) is 0 Å². The van der Waals surface area contributed by atoms with Gasteiger partial charge in [-0.3, -0.25) is 14.5 Å². The highest BCUT2D eigenvalue weighted by molar-refractivity contribution is 5.92. The Morgan fingerprint density at radius 1 is 1.38 bits per heavy atom. The minimum absolute atomic E-state index is 0.149. The van der Waals surface area contributed by atoms with Crippen molar-refractivity contribution in [3.05, 3.63) is 0 Å². The Hall–Kier alpha value is -2.32. The van der Waals surface area contributed by atoms with Gasteiger partial charge in [0.15, 0.2) is 0 Å². The van der Waals surface area contributed by atoms with Crippen LogP contribution in [-0.4, -0.2) is 65.0 Å². The van der Waals surface area contributed by atoms with Gasteiger partial charge in [-0.05, 0) is 19.8 Å². The standard InChI is InChI=1S/C12H18N4O5/c1-6(10(18)15-7-2-3-7)14-12(21)16-5-9(17)13-4-8(16)11(19)20/h6-8H,2-5H2,1H3,(H,13,17)(H,14,21)(H,15,18)(H,19,20). The van der Waals surface area contributed by atoms with Crippen LogP contribution >= 0.6 is 0 Å². The summed E-state index contributed by atoms with van der Waals surface area (Å²) >= 11 is 0. The predicted octanol–water partition coefficient (Wildman–Crippen LogP) is -1.75. The average molecular weight is 298 g/mol. The van der Waals surface area contributed by atoms with Crippen molar-refractivity contribution >= 4 is 23.8 Å². The molecule has 0 aromatic rings. The van der Waals surface area contributed by atoms with E-state index in [2.05, 4.69) is 16.0 Å². The molecule has 1 heterocycles. The van der Waals surface area contributed by atoms with Gasteiger partial charge in [-0.1, -0.05) is 0 Å². The highest BCUT2D eigenvalue weighted by atomic mass is 16.4. The molecule has 0 spiro atoms.